The zero-order chi connectivity index (χ0) is 37.1. The van der Waals surface area contributed by atoms with Crippen LogP contribution in [0, 0.1) is 0 Å². The largest absolute Gasteiger partial charge is 0.456 e. The second kappa shape index (κ2) is 11.5. The number of rotatable bonds is 3. The maximum absolute atomic E-state index is 6.27. The van der Waals surface area contributed by atoms with E-state index in [2.05, 4.69) is 190 Å². The van der Waals surface area contributed by atoms with Crippen LogP contribution >= 0.6 is 0 Å². The lowest BCUT2D eigenvalue weighted by molar-refractivity contribution is 0.661. The number of benzene rings is 10. The molecule has 12 rings (SSSR count). The van der Waals surface area contributed by atoms with Crippen LogP contribution in [0.2, 0.25) is 0 Å². The molecule has 1 nitrogen and oxygen atoms in total. The summed E-state index contributed by atoms with van der Waals surface area (Å²) < 4.78 is 6.27. The zero-order valence-electron chi connectivity index (χ0n) is 31.2. The summed E-state index contributed by atoms with van der Waals surface area (Å²) >= 11 is 0. The molecule has 0 amide bonds. The van der Waals surface area contributed by atoms with Gasteiger partial charge in [0.05, 0.1) is 0 Å². The van der Waals surface area contributed by atoms with Gasteiger partial charge in [0, 0.05) is 16.2 Å². The summed E-state index contributed by atoms with van der Waals surface area (Å²) in [5.74, 6) is 0. The maximum Gasteiger partial charge on any atom is 0.136 e. The van der Waals surface area contributed by atoms with Crippen LogP contribution in [0.3, 0.4) is 0 Å². The van der Waals surface area contributed by atoms with Crippen LogP contribution in [0.25, 0.3) is 110 Å². The van der Waals surface area contributed by atoms with Crippen molar-refractivity contribution in [2.24, 2.45) is 0 Å². The van der Waals surface area contributed by atoms with E-state index >= 15 is 0 Å². The van der Waals surface area contributed by atoms with E-state index in [-0.39, 0.29) is 5.41 Å². The Hall–Kier alpha value is -6.96. The number of fused-ring (bicyclic) bond motifs is 10. The Kier molecular flexibility index (Phi) is 6.46. The Bertz CT molecular complexity index is 3380. The molecule has 56 heavy (non-hydrogen) atoms. The van der Waals surface area contributed by atoms with Gasteiger partial charge in [-0.05, 0) is 147 Å². The summed E-state index contributed by atoms with van der Waals surface area (Å²) in [6.07, 6.45) is 0. The summed E-state index contributed by atoms with van der Waals surface area (Å²) in [7, 11) is 0. The molecule has 1 aliphatic rings. The van der Waals surface area contributed by atoms with Crippen LogP contribution < -0.4 is 0 Å². The quantitative estimate of drug-likeness (QED) is 0.166. The summed E-state index contributed by atoms with van der Waals surface area (Å²) in [5, 5.41) is 12.4. The van der Waals surface area contributed by atoms with Crippen LogP contribution in [0.1, 0.15) is 25.0 Å². The molecule has 11 aromatic rings. The summed E-state index contributed by atoms with van der Waals surface area (Å²) in [6.45, 7) is 4.72. The van der Waals surface area contributed by atoms with Crippen molar-refractivity contribution in [2.45, 2.75) is 19.3 Å². The standard InChI is InChI=1S/C55H36O/c1-55(2)49-25-24-37(28-46(49)47-29-39-30-48-41-14-10-11-19-51(41)56-52(48)32-40(39)31-50(47)55)35-20-21-36-27-38(23-22-34(36)26-35)54-44-17-8-6-15-42(44)53(33-12-4-3-5-13-33)43-16-7-9-18-45(43)54/h3-32H,1-2H3. The predicted octanol–water partition coefficient (Wildman–Crippen LogP) is 15.5. The molecular formula is C55H36O. The van der Waals surface area contributed by atoms with E-state index in [1.165, 1.54) is 109 Å². The van der Waals surface area contributed by atoms with Crippen LogP contribution in [0.4, 0.5) is 0 Å². The first-order valence-corrected chi connectivity index (χ1v) is 19.6. The fourth-order valence-electron chi connectivity index (χ4n) is 9.83. The van der Waals surface area contributed by atoms with Gasteiger partial charge in [-0.3, -0.25) is 0 Å². The van der Waals surface area contributed by atoms with Gasteiger partial charge in [0.2, 0.25) is 0 Å². The smallest absolute Gasteiger partial charge is 0.136 e. The van der Waals surface area contributed by atoms with E-state index < -0.39 is 0 Å². The molecule has 1 aromatic heterocycles. The van der Waals surface area contributed by atoms with Crippen molar-refractivity contribution in [3.8, 4) is 44.5 Å². The molecule has 0 N–H and O–H groups in total. The molecule has 1 aliphatic carbocycles. The van der Waals surface area contributed by atoms with Gasteiger partial charge in [-0.2, -0.15) is 0 Å². The Morgan fingerprint density at radius 1 is 0.321 bits per heavy atom. The Balaban J connectivity index is 0.971. The first-order valence-electron chi connectivity index (χ1n) is 19.6. The highest BCUT2D eigenvalue weighted by Crippen LogP contribution is 2.51. The Morgan fingerprint density at radius 3 is 1.57 bits per heavy atom. The third-order valence-corrected chi connectivity index (χ3v) is 12.6. The molecule has 10 aromatic carbocycles. The fourth-order valence-corrected chi connectivity index (χ4v) is 9.83. The Labute approximate surface area is 325 Å². The predicted molar refractivity (Wildman–Crippen MR) is 238 cm³/mol. The van der Waals surface area contributed by atoms with Gasteiger partial charge >= 0.3 is 0 Å². The van der Waals surface area contributed by atoms with Crippen molar-refractivity contribution in [1.82, 2.24) is 0 Å². The van der Waals surface area contributed by atoms with Crippen molar-refractivity contribution < 1.29 is 4.42 Å². The van der Waals surface area contributed by atoms with Crippen LogP contribution in [0.5, 0.6) is 0 Å². The van der Waals surface area contributed by atoms with Crippen LogP contribution in [-0.4, -0.2) is 0 Å². The molecule has 0 fully saturated rings. The van der Waals surface area contributed by atoms with Gasteiger partial charge in [-0.15, -0.1) is 0 Å². The second-order valence-electron chi connectivity index (χ2n) is 16.1. The number of hydrogen-bond acceptors (Lipinski definition) is 1. The molecule has 0 radical (unpaired) electrons. The summed E-state index contributed by atoms with van der Waals surface area (Å²) in [5.41, 5.74) is 14.7. The van der Waals surface area contributed by atoms with Gasteiger partial charge in [0.25, 0.3) is 0 Å². The minimum Gasteiger partial charge on any atom is -0.456 e. The van der Waals surface area contributed by atoms with E-state index in [4.69, 9.17) is 4.42 Å². The van der Waals surface area contributed by atoms with Gasteiger partial charge in [0.1, 0.15) is 11.2 Å². The minimum absolute atomic E-state index is 0.104. The van der Waals surface area contributed by atoms with Crippen molar-refractivity contribution in [3.63, 3.8) is 0 Å². The highest BCUT2D eigenvalue weighted by molar-refractivity contribution is 6.22. The van der Waals surface area contributed by atoms with Crippen LogP contribution in [-0.2, 0) is 5.41 Å². The Morgan fingerprint density at radius 2 is 0.857 bits per heavy atom. The van der Waals surface area contributed by atoms with E-state index in [9.17, 15) is 0 Å². The third kappa shape index (κ3) is 4.49. The van der Waals surface area contributed by atoms with Gasteiger partial charge in [0.15, 0.2) is 0 Å². The molecule has 0 saturated carbocycles. The lowest BCUT2D eigenvalue weighted by Crippen LogP contribution is -2.14. The highest BCUT2D eigenvalue weighted by Gasteiger charge is 2.36. The lowest BCUT2D eigenvalue weighted by Gasteiger charge is -2.22. The number of para-hydroxylation sites is 1. The van der Waals surface area contributed by atoms with E-state index in [1.807, 2.05) is 6.07 Å². The van der Waals surface area contributed by atoms with Crippen molar-refractivity contribution in [1.29, 1.82) is 0 Å². The summed E-state index contributed by atoms with van der Waals surface area (Å²) in [6, 6.07) is 67.3. The first kappa shape index (κ1) is 31.4. The molecular weight excluding hydrogens is 677 g/mol. The molecule has 1 heterocycles. The van der Waals surface area contributed by atoms with Crippen molar-refractivity contribution >= 4 is 65.0 Å². The van der Waals surface area contributed by atoms with Crippen molar-refractivity contribution in [2.75, 3.05) is 0 Å². The normalized spacial score (nSPS) is 13.3. The minimum atomic E-state index is -0.104. The molecule has 0 atom stereocenters. The van der Waals surface area contributed by atoms with Gasteiger partial charge in [-0.1, -0.05) is 147 Å². The molecule has 0 aliphatic heterocycles. The van der Waals surface area contributed by atoms with Crippen molar-refractivity contribution in [3.05, 3.63) is 193 Å². The van der Waals surface area contributed by atoms with E-state index in [0.717, 1.165) is 11.2 Å². The van der Waals surface area contributed by atoms with Gasteiger partial charge in [-0.25, -0.2) is 0 Å². The average molecular weight is 713 g/mol. The number of hydrogen-bond donors (Lipinski definition) is 0. The molecule has 0 unspecified atom stereocenters. The molecule has 262 valence electrons. The number of furan rings is 1. The average Bonchev–Trinajstić information content (AvgIpc) is 3.71. The monoisotopic (exact) mass is 712 g/mol. The third-order valence-electron chi connectivity index (χ3n) is 12.6. The molecule has 0 spiro atoms. The highest BCUT2D eigenvalue weighted by atomic mass is 16.3. The first-order chi connectivity index (χ1) is 27.5. The van der Waals surface area contributed by atoms with Crippen LogP contribution in [0.15, 0.2) is 186 Å². The van der Waals surface area contributed by atoms with Gasteiger partial charge < -0.3 is 4.42 Å². The second-order valence-corrected chi connectivity index (χ2v) is 16.1. The fraction of sp³-hybridized carbons (Fsp3) is 0.0545. The van der Waals surface area contributed by atoms with E-state index in [0.29, 0.717) is 0 Å². The zero-order valence-corrected chi connectivity index (χ0v) is 31.2. The SMILES string of the molecule is CC1(C)c2ccc(-c3ccc4cc(-c5c6ccccc6c(-c6ccccc6)c6ccccc56)ccc4c3)cc2-c2cc3cc4c(cc3cc21)oc1ccccc14. The molecule has 1 heteroatoms. The molecule has 0 bridgehead atoms. The lowest BCUT2D eigenvalue weighted by atomic mass is 9.81. The summed E-state index contributed by atoms with van der Waals surface area (Å²) in [4.78, 5) is 0. The van der Waals surface area contributed by atoms with E-state index in [1.54, 1.807) is 0 Å². The topological polar surface area (TPSA) is 13.1 Å². The molecule has 0 saturated heterocycles. The maximum atomic E-state index is 6.27.